The molecule has 0 radical (unpaired) electrons. The Kier molecular flexibility index (Phi) is 9.00. The number of ether oxygens (including phenoxy) is 2. The number of nitrogens with zero attached hydrogens (tertiary/aromatic N) is 1. The first kappa shape index (κ1) is 23.1. The molecule has 0 saturated heterocycles. The van der Waals surface area contributed by atoms with Gasteiger partial charge in [0, 0.05) is 30.4 Å². The molecular formula is C23H31N3O4. The van der Waals surface area contributed by atoms with Crippen LogP contribution in [0.4, 0.5) is 11.4 Å². The summed E-state index contributed by atoms with van der Waals surface area (Å²) in [5, 5.41) is 5.89. The van der Waals surface area contributed by atoms with E-state index in [2.05, 4.69) is 24.5 Å². The van der Waals surface area contributed by atoms with E-state index in [4.69, 9.17) is 9.47 Å². The number of anilines is 2. The van der Waals surface area contributed by atoms with Crippen LogP contribution in [0, 0.1) is 0 Å². The molecule has 0 atom stereocenters. The van der Waals surface area contributed by atoms with Crippen LogP contribution in [0.5, 0.6) is 11.5 Å². The lowest BCUT2D eigenvalue weighted by molar-refractivity contribution is -0.114. The van der Waals surface area contributed by atoms with Gasteiger partial charge in [-0.05, 0) is 43.2 Å². The fraction of sp³-hybridized carbons (Fsp3) is 0.391. The smallest absolute Gasteiger partial charge is 0.253 e. The summed E-state index contributed by atoms with van der Waals surface area (Å²) < 4.78 is 10.5. The van der Waals surface area contributed by atoms with Gasteiger partial charge in [-0.15, -0.1) is 0 Å². The van der Waals surface area contributed by atoms with E-state index in [1.807, 2.05) is 4.90 Å². The van der Waals surface area contributed by atoms with E-state index in [-0.39, 0.29) is 18.4 Å². The summed E-state index contributed by atoms with van der Waals surface area (Å²) >= 11 is 0. The average Bonchev–Trinajstić information content (AvgIpc) is 2.77. The Morgan fingerprint density at radius 3 is 2.33 bits per heavy atom. The number of amides is 2. The maximum atomic E-state index is 12.8. The third-order valence-electron chi connectivity index (χ3n) is 4.51. The summed E-state index contributed by atoms with van der Waals surface area (Å²) in [5.74, 6) is 1.02. The number of benzene rings is 2. The molecule has 0 aromatic heterocycles. The molecule has 0 aliphatic rings. The minimum absolute atomic E-state index is 0.0194. The van der Waals surface area contributed by atoms with Crippen LogP contribution in [-0.2, 0) is 4.79 Å². The first-order chi connectivity index (χ1) is 14.5. The minimum atomic E-state index is -0.233. The quantitative estimate of drug-likeness (QED) is 0.582. The molecule has 2 aromatic rings. The van der Waals surface area contributed by atoms with Gasteiger partial charge in [-0.25, -0.2) is 0 Å². The Balaban J connectivity index is 2.02. The zero-order chi connectivity index (χ0) is 21.9. The van der Waals surface area contributed by atoms with Crippen LogP contribution in [-0.4, -0.2) is 50.6 Å². The first-order valence-corrected chi connectivity index (χ1v) is 10.2. The predicted octanol–water partition coefficient (Wildman–Crippen LogP) is 4.02. The van der Waals surface area contributed by atoms with Crippen molar-refractivity contribution in [1.82, 2.24) is 4.90 Å². The first-order valence-electron chi connectivity index (χ1n) is 10.2. The zero-order valence-corrected chi connectivity index (χ0v) is 18.2. The van der Waals surface area contributed by atoms with Crippen molar-refractivity contribution in [3.63, 3.8) is 0 Å². The molecule has 0 heterocycles. The molecule has 2 aromatic carbocycles. The monoisotopic (exact) mass is 413 g/mol. The van der Waals surface area contributed by atoms with E-state index in [9.17, 15) is 9.59 Å². The number of carbonyl (C=O) groups is 2. The molecule has 0 spiro atoms. The Morgan fingerprint density at radius 1 is 0.967 bits per heavy atom. The van der Waals surface area contributed by atoms with Crippen LogP contribution in [0.3, 0.4) is 0 Å². The van der Waals surface area contributed by atoms with Gasteiger partial charge in [-0.1, -0.05) is 19.9 Å². The molecule has 0 aliphatic carbocycles. The molecule has 2 N–H and O–H groups in total. The number of hydrogen-bond acceptors (Lipinski definition) is 5. The maximum absolute atomic E-state index is 12.8. The highest BCUT2D eigenvalue weighted by Gasteiger charge is 2.15. The second kappa shape index (κ2) is 11.7. The van der Waals surface area contributed by atoms with Crippen molar-refractivity contribution >= 4 is 23.2 Å². The number of methoxy groups -OCH3 is 2. The molecular weight excluding hydrogens is 382 g/mol. The van der Waals surface area contributed by atoms with Crippen molar-refractivity contribution in [2.45, 2.75) is 26.7 Å². The van der Waals surface area contributed by atoms with Crippen LogP contribution in [0.2, 0.25) is 0 Å². The van der Waals surface area contributed by atoms with Gasteiger partial charge in [0.2, 0.25) is 5.91 Å². The van der Waals surface area contributed by atoms with E-state index in [1.165, 1.54) is 0 Å². The van der Waals surface area contributed by atoms with Gasteiger partial charge in [-0.2, -0.15) is 0 Å². The number of rotatable bonds is 11. The summed E-state index contributed by atoms with van der Waals surface area (Å²) in [4.78, 5) is 27.0. The Bertz CT molecular complexity index is 848. The van der Waals surface area contributed by atoms with Gasteiger partial charge in [0.05, 0.1) is 26.5 Å². The Labute approximate surface area is 178 Å². The molecule has 162 valence electrons. The van der Waals surface area contributed by atoms with Gasteiger partial charge < -0.3 is 25.0 Å². The molecule has 2 rings (SSSR count). The molecule has 0 unspecified atom stereocenters. The maximum Gasteiger partial charge on any atom is 0.253 e. The van der Waals surface area contributed by atoms with Crippen LogP contribution < -0.4 is 20.1 Å². The third kappa shape index (κ3) is 6.40. The van der Waals surface area contributed by atoms with Gasteiger partial charge in [0.15, 0.2) is 0 Å². The fourth-order valence-corrected chi connectivity index (χ4v) is 3.10. The standard InChI is InChI=1S/C23H31N3O4/c1-5-12-26(13-6-2)23(28)17-8-7-9-18(14-17)25-22(27)16-24-20-15-19(29-3)10-11-21(20)30-4/h7-11,14-15,24H,5-6,12-13,16H2,1-4H3,(H,25,27). The van der Waals surface area contributed by atoms with Gasteiger partial charge in [0.1, 0.15) is 11.5 Å². The van der Waals surface area contributed by atoms with E-state index in [1.54, 1.807) is 56.7 Å². The van der Waals surface area contributed by atoms with E-state index < -0.39 is 0 Å². The molecule has 30 heavy (non-hydrogen) atoms. The van der Waals surface area contributed by atoms with Gasteiger partial charge >= 0.3 is 0 Å². The van der Waals surface area contributed by atoms with Crippen molar-refractivity contribution in [2.75, 3.05) is 44.5 Å². The van der Waals surface area contributed by atoms with Crippen LogP contribution in [0.15, 0.2) is 42.5 Å². The SMILES string of the molecule is CCCN(CCC)C(=O)c1cccc(NC(=O)CNc2cc(OC)ccc2OC)c1. The number of hydrogen-bond donors (Lipinski definition) is 2. The van der Waals surface area contributed by atoms with E-state index >= 15 is 0 Å². The van der Waals surface area contributed by atoms with E-state index in [0.717, 1.165) is 25.9 Å². The molecule has 0 aliphatic heterocycles. The van der Waals surface area contributed by atoms with Crippen molar-refractivity contribution < 1.29 is 19.1 Å². The van der Waals surface area contributed by atoms with Crippen LogP contribution in [0.25, 0.3) is 0 Å². The zero-order valence-electron chi connectivity index (χ0n) is 18.2. The molecule has 0 fully saturated rings. The summed E-state index contributed by atoms with van der Waals surface area (Å²) in [6.45, 7) is 5.58. The van der Waals surface area contributed by atoms with Crippen molar-refractivity contribution in [3.8, 4) is 11.5 Å². The van der Waals surface area contributed by atoms with E-state index in [0.29, 0.717) is 28.4 Å². The second-order valence-corrected chi connectivity index (χ2v) is 6.84. The third-order valence-corrected chi connectivity index (χ3v) is 4.51. The van der Waals surface area contributed by atoms with Gasteiger partial charge in [0.25, 0.3) is 5.91 Å². The summed E-state index contributed by atoms with van der Waals surface area (Å²) in [6.07, 6.45) is 1.81. The van der Waals surface area contributed by atoms with Crippen LogP contribution >= 0.6 is 0 Å². The summed E-state index contributed by atoms with van der Waals surface area (Å²) in [6, 6.07) is 12.4. The van der Waals surface area contributed by atoms with Crippen molar-refractivity contribution in [1.29, 1.82) is 0 Å². The highest BCUT2D eigenvalue weighted by atomic mass is 16.5. The fourth-order valence-electron chi connectivity index (χ4n) is 3.10. The lowest BCUT2D eigenvalue weighted by Gasteiger charge is -2.21. The normalized spacial score (nSPS) is 10.3. The number of nitrogens with one attached hydrogen (secondary N) is 2. The molecule has 7 nitrogen and oxygen atoms in total. The summed E-state index contributed by atoms with van der Waals surface area (Å²) in [7, 11) is 3.14. The van der Waals surface area contributed by atoms with Crippen LogP contribution in [0.1, 0.15) is 37.0 Å². The van der Waals surface area contributed by atoms with Crippen molar-refractivity contribution in [2.24, 2.45) is 0 Å². The predicted molar refractivity (Wildman–Crippen MR) is 120 cm³/mol. The highest BCUT2D eigenvalue weighted by molar-refractivity contribution is 5.98. The van der Waals surface area contributed by atoms with Gasteiger partial charge in [-0.3, -0.25) is 9.59 Å². The summed E-state index contributed by atoms with van der Waals surface area (Å²) in [5.41, 5.74) is 1.81. The molecule has 0 saturated carbocycles. The highest BCUT2D eigenvalue weighted by Crippen LogP contribution is 2.28. The lowest BCUT2D eigenvalue weighted by Crippen LogP contribution is -2.32. The lowest BCUT2D eigenvalue weighted by atomic mass is 10.1. The molecule has 0 bridgehead atoms. The Hall–Kier alpha value is -3.22. The largest absolute Gasteiger partial charge is 0.497 e. The van der Waals surface area contributed by atoms with Crippen molar-refractivity contribution in [3.05, 3.63) is 48.0 Å². The Morgan fingerprint density at radius 2 is 1.70 bits per heavy atom. The molecule has 2 amide bonds. The molecule has 7 heteroatoms. The number of carbonyl (C=O) groups excluding carboxylic acids is 2. The second-order valence-electron chi connectivity index (χ2n) is 6.84. The average molecular weight is 414 g/mol. The topological polar surface area (TPSA) is 79.9 Å². The minimum Gasteiger partial charge on any atom is -0.497 e.